The maximum Gasteiger partial charge on any atom is 0.0715 e. The summed E-state index contributed by atoms with van der Waals surface area (Å²) in [6.45, 7) is 11.8. The van der Waals surface area contributed by atoms with Crippen LogP contribution < -0.4 is 0 Å². The second-order valence-corrected chi connectivity index (χ2v) is 5.51. The molecule has 3 heteroatoms. The topological polar surface area (TPSA) is 32.7 Å². The molecule has 2 atom stereocenters. The van der Waals surface area contributed by atoms with Crippen LogP contribution in [0.4, 0.5) is 0 Å². The number of hydrogen-bond acceptors (Lipinski definition) is 3. The largest absolute Gasteiger partial charge is 0.391 e. The standard InChI is InChI=1S/C12H25NO2/c1-5-10-9-15-7-6-13(10)8-11(14)12(2,3)4/h10-11,14H,5-9H2,1-4H3. The van der Waals surface area contributed by atoms with Gasteiger partial charge in [0.15, 0.2) is 0 Å². The van der Waals surface area contributed by atoms with Gasteiger partial charge in [0.2, 0.25) is 0 Å². The molecule has 1 rings (SSSR count). The fraction of sp³-hybridized carbons (Fsp3) is 1.00. The van der Waals surface area contributed by atoms with Crippen molar-refractivity contribution in [3.8, 4) is 0 Å². The monoisotopic (exact) mass is 215 g/mol. The summed E-state index contributed by atoms with van der Waals surface area (Å²) in [6.07, 6.45) is 0.835. The summed E-state index contributed by atoms with van der Waals surface area (Å²) in [5, 5.41) is 10.1. The molecule has 0 aromatic heterocycles. The van der Waals surface area contributed by atoms with Gasteiger partial charge in [0, 0.05) is 19.1 Å². The van der Waals surface area contributed by atoms with E-state index in [-0.39, 0.29) is 11.5 Å². The maximum atomic E-state index is 10.1. The van der Waals surface area contributed by atoms with E-state index >= 15 is 0 Å². The number of hydrogen-bond donors (Lipinski definition) is 1. The van der Waals surface area contributed by atoms with Gasteiger partial charge in [0.25, 0.3) is 0 Å². The fourth-order valence-corrected chi connectivity index (χ4v) is 1.80. The first-order valence-electron chi connectivity index (χ1n) is 5.95. The summed E-state index contributed by atoms with van der Waals surface area (Å²) in [5.74, 6) is 0. The van der Waals surface area contributed by atoms with Crippen molar-refractivity contribution in [1.82, 2.24) is 4.90 Å². The van der Waals surface area contributed by atoms with E-state index in [1.807, 2.05) is 0 Å². The summed E-state index contributed by atoms with van der Waals surface area (Å²) < 4.78 is 5.45. The summed E-state index contributed by atoms with van der Waals surface area (Å²) in [4.78, 5) is 2.36. The maximum absolute atomic E-state index is 10.1. The number of β-amino-alcohol motifs (C(OH)–C–C–N with tert-alkyl or cyclic N) is 1. The van der Waals surface area contributed by atoms with E-state index in [1.54, 1.807) is 0 Å². The molecule has 1 aliphatic heterocycles. The molecule has 15 heavy (non-hydrogen) atoms. The molecule has 1 aliphatic rings. The van der Waals surface area contributed by atoms with E-state index in [1.165, 1.54) is 0 Å². The van der Waals surface area contributed by atoms with Gasteiger partial charge in [-0.3, -0.25) is 4.90 Å². The van der Waals surface area contributed by atoms with Crippen molar-refractivity contribution in [3.63, 3.8) is 0 Å². The molecule has 0 aromatic rings. The number of rotatable bonds is 3. The third kappa shape index (κ3) is 3.74. The van der Waals surface area contributed by atoms with Crippen LogP contribution in [0.5, 0.6) is 0 Å². The van der Waals surface area contributed by atoms with Crippen LogP contribution in [0.3, 0.4) is 0 Å². The molecule has 0 bridgehead atoms. The lowest BCUT2D eigenvalue weighted by Crippen LogP contribution is -2.50. The molecule has 0 aliphatic carbocycles. The first-order chi connectivity index (χ1) is 6.95. The molecular weight excluding hydrogens is 190 g/mol. The summed E-state index contributed by atoms with van der Waals surface area (Å²) in [6, 6.07) is 0.482. The Balaban J connectivity index is 2.48. The Labute approximate surface area is 93.4 Å². The lowest BCUT2D eigenvalue weighted by Gasteiger charge is -2.38. The van der Waals surface area contributed by atoms with Crippen molar-refractivity contribution in [3.05, 3.63) is 0 Å². The van der Waals surface area contributed by atoms with Crippen LogP contribution in [0.1, 0.15) is 34.1 Å². The van der Waals surface area contributed by atoms with Crippen LogP contribution in [0.2, 0.25) is 0 Å². The minimum atomic E-state index is -0.260. The number of aliphatic hydroxyl groups is 1. The Kier molecular flexibility index (Phi) is 4.56. The Hall–Kier alpha value is -0.120. The van der Waals surface area contributed by atoms with Crippen molar-refractivity contribution in [2.75, 3.05) is 26.3 Å². The predicted molar refractivity (Wildman–Crippen MR) is 61.9 cm³/mol. The Bertz CT molecular complexity index is 189. The second kappa shape index (κ2) is 5.28. The van der Waals surface area contributed by atoms with E-state index in [2.05, 4.69) is 32.6 Å². The van der Waals surface area contributed by atoms with Gasteiger partial charge in [-0.1, -0.05) is 27.7 Å². The predicted octanol–water partition coefficient (Wildman–Crippen LogP) is 1.50. The van der Waals surface area contributed by atoms with Gasteiger partial charge in [0.05, 0.1) is 19.3 Å². The smallest absolute Gasteiger partial charge is 0.0715 e. The SMILES string of the molecule is CCC1COCCN1CC(O)C(C)(C)C. The van der Waals surface area contributed by atoms with Crippen LogP contribution in [0, 0.1) is 5.41 Å². The lowest BCUT2D eigenvalue weighted by atomic mass is 9.88. The van der Waals surface area contributed by atoms with Crippen LogP contribution in [0.25, 0.3) is 0 Å². The Morgan fingerprint density at radius 1 is 1.47 bits per heavy atom. The molecule has 0 saturated carbocycles. The number of nitrogens with zero attached hydrogens (tertiary/aromatic N) is 1. The molecule has 1 saturated heterocycles. The molecule has 0 amide bonds. The third-order valence-corrected chi connectivity index (χ3v) is 3.23. The van der Waals surface area contributed by atoms with Crippen molar-refractivity contribution < 1.29 is 9.84 Å². The highest BCUT2D eigenvalue weighted by atomic mass is 16.5. The van der Waals surface area contributed by atoms with E-state index in [4.69, 9.17) is 4.74 Å². The zero-order valence-corrected chi connectivity index (χ0v) is 10.5. The average Bonchev–Trinajstić information content (AvgIpc) is 2.17. The van der Waals surface area contributed by atoms with Gasteiger partial charge in [0.1, 0.15) is 0 Å². The van der Waals surface area contributed by atoms with E-state index in [9.17, 15) is 5.11 Å². The fourth-order valence-electron chi connectivity index (χ4n) is 1.80. The number of ether oxygens (including phenoxy) is 1. The third-order valence-electron chi connectivity index (χ3n) is 3.23. The first-order valence-corrected chi connectivity index (χ1v) is 5.95. The molecule has 90 valence electrons. The molecule has 2 unspecified atom stereocenters. The van der Waals surface area contributed by atoms with Gasteiger partial charge in [-0.05, 0) is 11.8 Å². The zero-order valence-electron chi connectivity index (χ0n) is 10.5. The molecule has 1 heterocycles. The Morgan fingerprint density at radius 2 is 2.13 bits per heavy atom. The van der Waals surface area contributed by atoms with Gasteiger partial charge in [-0.25, -0.2) is 0 Å². The molecule has 0 spiro atoms. The van der Waals surface area contributed by atoms with Crippen LogP contribution in [-0.4, -0.2) is 48.5 Å². The quantitative estimate of drug-likeness (QED) is 0.774. The van der Waals surface area contributed by atoms with Gasteiger partial charge in [-0.15, -0.1) is 0 Å². The van der Waals surface area contributed by atoms with Gasteiger partial charge >= 0.3 is 0 Å². The van der Waals surface area contributed by atoms with E-state index < -0.39 is 0 Å². The minimum absolute atomic E-state index is 0.0312. The molecule has 3 nitrogen and oxygen atoms in total. The normalized spacial score (nSPS) is 26.6. The summed E-state index contributed by atoms with van der Waals surface area (Å²) in [5.41, 5.74) is -0.0312. The average molecular weight is 215 g/mol. The van der Waals surface area contributed by atoms with Crippen molar-refractivity contribution in [2.24, 2.45) is 5.41 Å². The highest BCUT2D eigenvalue weighted by Crippen LogP contribution is 2.21. The van der Waals surface area contributed by atoms with Crippen LogP contribution >= 0.6 is 0 Å². The van der Waals surface area contributed by atoms with E-state index in [0.717, 1.165) is 32.7 Å². The van der Waals surface area contributed by atoms with Crippen molar-refractivity contribution in [2.45, 2.75) is 46.3 Å². The number of aliphatic hydroxyl groups excluding tert-OH is 1. The minimum Gasteiger partial charge on any atom is -0.391 e. The molecule has 1 N–H and O–H groups in total. The molecule has 1 fully saturated rings. The Morgan fingerprint density at radius 3 is 2.67 bits per heavy atom. The summed E-state index contributed by atoms with van der Waals surface area (Å²) >= 11 is 0. The highest BCUT2D eigenvalue weighted by molar-refractivity contribution is 4.81. The highest BCUT2D eigenvalue weighted by Gasteiger charge is 2.28. The molecule has 0 radical (unpaired) electrons. The number of morpholine rings is 1. The van der Waals surface area contributed by atoms with Crippen LogP contribution in [-0.2, 0) is 4.74 Å². The van der Waals surface area contributed by atoms with Gasteiger partial charge < -0.3 is 9.84 Å². The second-order valence-electron chi connectivity index (χ2n) is 5.51. The first kappa shape index (κ1) is 12.9. The van der Waals surface area contributed by atoms with Crippen molar-refractivity contribution >= 4 is 0 Å². The zero-order chi connectivity index (χ0) is 11.5. The summed E-state index contributed by atoms with van der Waals surface area (Å²) in [7, 11) is 0. The lowest BCUT2D eigenvalue weighted by molar-refractivity contribution is -0.0465. The van der Waals surface area contributed by atoms with E-state index in [0.29, 0.717) is 6.04 Å². The van der Waals surface area contributed by atoms with Gasteiger partial charge in [-0.2, -0.15) is 0 Å². The van der Waals surface area contributed by atoms with Crippen molar-refractivity contribution in [1.29, 1.82) is 0 Å². The molecule has 0 aromatic carbocycles. The molecular formula is C12H25NO2. The van der Waals surface area contributed by atoms with Crippen LogP contribution in [0.15, 0.2) is 0 Å².